The van der Waals surface area contributed by atoms with Gasteiger partial charge in [-0.05, 0) is 78.5 Å². The Morgan fingerprint density at radius 1 is 0.600 bits per heavy atom. The van der Waals surface area contributed by atoms with Gasteiger partial charge in [-0.3, -0.25) is 0 Å². The molecule has 4 heteroatoms. The molecule has 0 aliphatic rings. The highest BCUT2D eigenvalue weighted by Crippen LogP contribution is 2.42. The molecule has 0 spiro atoms. The average molecular weight is 402 g/mol. The Morgan fingerprint density at radius 3 is 1.20 bits per heavy atom. The van der Waals surface area contributed by atoms with Crippen molar-refractivity contribution in [2.24, 2.45) is 0 Å². The van der Waals surface area contributed by atoms with E-state index in [4.69, 9.17) is 0 Å². The van der Waals surface area contributed by atoms with E-state index >= 15 is 0 Å². The molecule has 0 saturated carbocycles. The summed E-state index contributed by atoms with van der Waals surface area (Å²) in [7, 11) is 0. The van der Waals surface area contributed by atoms with Crippen LogP contribution in [0.4, 0.5) is 0 Å². The van der Waals surface area contributed by atoms with Crippen LogP contribution in [0.3, 0.4) is 0 Å². The minimum Gasteiger partial charge on any atom is -0.478 e. The summed E-state index contributed by atoms with van der Waals surface area (Å²) >= 11 is 0. The first-order valence-electron chi connectivity index (χ1n) is 10.1. The van der Waals surface area contributed by atoms with E-state index in [9.17, 15) is 19.8 Å². The predicted octanol–water partition coefficient (Wildman–Crippen LogP) is 6.58. The lowest BCUT2D eigenvalue weighted by molar-refractivity contribution is 0.0688. The second-order valence-corrected chi connectivity index (χ2v) is 10.2. The van der Waals surface area contributed by atoms with E-state index in [0.717, 1.165) is 32.7 Å². The molecular formula is C26H26O4. The fourth-order valence-corrected chi connectivity index (χ4v) is 4.23. The van der Waals surface area contributed by atoms with Crippen molar-refractivity contribution in [2.75, 3.05) is 0 Å². The van der Waals surface area contributed by atoms with Crippen LogP contribution in [0.2, 0.25) is 0 Å². The fourth-order valence-electron chi connectivity index (χ4n) is 4.23. The molecule has 2 N–H and O–H groups in total. The molecule has 0 bridgehead atoms. The van der Waals surface area contributed by atoms with Crippen molar-refractivity contribution >= 4 is 44.3 Å². The summed E-state index contributed by atoms with van der Waals surface area (Å²) in [4.78, 5) is 24.4. The molecule has 4 aromatic carbocycles. The predicted molar refractivity (Wildman–Crippen MR) is 121 cm³/mol. The molecule has 4 nitrogen and oxygen atoms in total. The van der Waals surface area contributed by atoms with Gasteiger partial charge >= 0.3 is 11.9 Å². The van der Waals surface area contributed by atoms with Gasteiger partial charge in [0, 0.05) is 0 Å². The lowest BCUT2D eigenvalue weighted by Crippen LogP contribution is -2.13. The number of carboxylic acid groups (broad SMARTS) is 2. The van der Waals surface area contributed by atoms with E-state index in [1.165, 1.54) is 0 Å². The van der Waals surface area contributed by atoms with Crippen LogP contribution in [-0.4, -0.2) is 22.2 Å². The van der Waals surface area contributed by atoms with Crippen LogP contribution >= 0.6 is 0 Å². The molecule has 0 heterocycles. The van der Waals surface area contributed by atoms with Crippen LogP contribution in [0.15, 0.2) is 36.4 Å². The van der Waals surface area contributed by atoms with Gasteiger partial charge in [0.05, 0.1) is 11.1 Å². The van der Waals surface area contributed by atoms with Gasteiger partial charge in [-0.25, -0.2) is 9.59 Å². The van der Waals surface area contributed by atoms with Crippen molar-refractivity contribution in [2.45, 2.75) is 52.4 Å². The molecule has 154 valence electrons. The third-order valence-corrected chi connectivity index (χ3v) is 5.96. The van der Waals surface area contributed by atoms with Gasteiger partial charge in [-0.1, -0.05) is 53.7 Å². The molecule has 0 saturated heterocycles. The van der Waals surface area contributed by atoms with E-state index in [0.29, 0.717) is 10.8 Å². The largest absolute Gasteiger partial charge is 0.478 e. The van der Waals surface area contributed by atoms with Crippen molar-refractivity contribution in [1.29, 1.82) is 0 Å². The first-order chi connectivity index (χ1) is 13.8. The first-order valence-corrected chi connectivity index (χ1v) is 10.1. The highest BCUT2D eigenvalue weighted by Gasteiger charge is 2.25. The Hall–Kier alpha value is -3.14. The van der Waals surface area contributed by atoms with Crippen LogP contribution in [0.5, 0.6) is 0 Å². The topological polar surface area (TPSA) is 74.6 Å². The monoisotopic (exact) mass is 402 g/mol. The van der Waals surface area contributed by atoms with Gasteiger partial charge in [0.25, 0.3) is 0 Å². The molecule has 0 fully saturated rings. The molecule has 4 rings (SSSR count). The number of benzene rings is 4. The minimum absolute atomic E-state index is 0.205. The summed E-state index contributed by atoms with van der Waals surface area (Å²) in [6.07, 6.45) is 0. The summed E-state index contributed by atoms with van der Waals surface area (Å²) in [5, 5.41) is 24.4. The summed E-state index contributed by atoms with van der Waals surface area (Å²) in [6.45, 7) is 12.4. The maximum absolute atomic E-state index is 12.2. The SMILES string of the molecule is CC(C)(C)c1cc2cc(C(=O)O)c3cc(C(C)(C)C)cc4cc(C(=O)O)c(c1)c2c43. The van der Waals surface area contributed by atoms with Crippen molar-refractivity contribution in [3.05, 3.63) is 58.7 Å². The van der Waals surface area contributed by atoms with E-state index in [1.807, 2.05) is 24.3 Å². The summed E-state index contributed by atoms with van der Waals surface area (Å²) in [5.74, 6) is -1.96. The zero-order valence-electron chi connectivity index (χ0n) is 18.2. The summed E-state index contributed by atoms with van der Waals surface area (Å²) < 4.78 is 0. The van der Waals surface area contributed by atoms with Gasteiger partial charge in [0.2, 0.25) is 0 Å². The Balaban J connectivity index is 2.33. The van der Waals surface area contributed by atoms with E-state index in [-0.39, 0.29) is 22.0 Å². The first kappa shape index (κ1) is 20.1. The van der Waals surface area contributed by atoms with E-state index < -0.39 is 11.9 Å². The van der Waals surface area contributed by atoms with Gasteiger partial charge in [-0.2, -0.15) is 0 Å². The highest BCUT2D eigenvalue weighted by atomic mass is 16.4. The Morgan fingerprint density at radius 2 is 0.933 bits per heavy atom. The van der Waals surface area contributed by atoms with Gasteiger partial charge in [0.1, 0.15) is 0 Å². The van der Waals surface area contributed by atoms with Crippen LogP contribution in [0, 0.1) is 0 Å². The highest BCUT2D eigenvalue weighted by molar-refractivity contribution is 6.30. The maximum atomic E-state index is 12.2. The summed E-state index contributed by atoms with van der Waals surface area (Å²) in [6, 6.07) is 11.3. The van der Waals surface area contributed by atoms with Gasteiger partial charge in [-0.15, -0.1) is 0 Å². The third kappa shape index (κ3) is 2.98. The Kier molecular flexibility index (Phi) is 4.15. The molecule has 0 aromatic heterocycles. The minimum atomic E-state index is -0.982. The number of rotatable bonds is 2. The second kappa shape index (κ2) is 6.18. The van der Waals surface area contributed by atoms with Crippen LogP contribution in [0.1, 0.15) is 73.4 Å². The lowest BCUT2D eigenvalue weighted by Gasteiger charge is -2.25. The number of aromatic carboxylic acids is 2. The van der Waals surface area contributed by atoms with Crippen molar-refractivity contribution in [3.8, 4) is 0 Å². The van der Waals surface area contributed by atoms with Crippen molar-refractivity contribution in [1.82, 2.24) is 0 Å². The molecule has 0 unspecified atom stereocenters. The smallest absolute Gasteiger partial charge is 0.336 e. The molecule has 0 amide bonds. The normalized spacial score (nSPS) is 12.9. The fraction of sp³-hybridized carbons (Fsp3) is 0.308. The van der Waals surface area contributed by atoms with Gasteiger partial charge < -0.3 is 10.2 Å². The molecule has 0 aliphatic heterocycles. The van der Waals surface area contributed by atoms with Crippen molar-refractivity contribution in [3.63, 3.8) is 0 Å². The third-order valence-electron chi connectivity index (χ3n) is 5.96. The zero-order valence-corrected chi connectivity index (χ0v) is 18.2. The maximum Gasteiger partial charge on any atom is 0.336 e. The zero-order chi connectivity index (χ0) is 22.2. The lowest BCUT2D eigenvalue weighted by atomic mass is 9.79. The van der Waals surface area contributed by atoms with Crippen LogP contribution < -0.4 is 0 Å². The molecular weight excluding hydrogens is 376 g/mol. The molecule has 30 heavy (non-hydrogen) atoms. The second-order valence-electron chi connectivity index (χ2n) is 10.2. The number of carbonyl (C=O) groups is 2. The number of hydrogen-bond acceptors (Lipinski definition) is 2. The van der Waals surface area contributed by atoms with Crippen LogP contribution in [0.25, 0.3) is 32.3 Å². The van der Waals surface area contributed by atoms with E-state index in [2.05, 4.69) is 41.5 Å². The quantitative estimate of drug-likeness (QED) is 0.372. The molecule has 4 aromatic rings. The average Bonchev–Trinajstić information content (AvgIpc) is 2.62. The molecule has 0 atom stereocenters. The van der Waals surface area contributed by atoms with Crippen LogP contribution in [-0.2, 0) is 10.8 Å². The molecule has 0 radical (unpaired) electrons. The van der Waals surface area contributed by atoms with Gasteiger partial charge in [0.15, 0.2) is 0 Å². The van der Waals surface area contributed by atoms with Crippen molar-refractivity contribution < 1.29 is 19.8 Å². The number of carboxylic acids is 2. The standard InChI is InChI=1S/C26H26O4/c1-25(2,3)15-7-13-9-20(24(29)30)18-12-16(26(4,5)6)8-14-10-19(23(27)28)17(11-15)21(13)22(14)18/h7-12H,1-6H3,(H,27,28)(H,29,30). The Bertz CT molecular complexity index is 1240. The molecule has 0 aliphatic carbocycles. The van der Waals surface area contributed by atoms with E-state index in [1.54, 1.807) is 12.1 Å². The summed E-state index contributed by atoms with van der Waals surface area (Å²) in [5.41, 5.74) is 2.03. The number of hydrogen-bond donors (Lipinski definition) is 2. The Labute approximate surface area is 175 Å².